The number of carbonyl (C=O) groups excluding carboxylic acids is 1. The zero-order chi connectivity index (χ0) is 18.6. The van der Waals surface area contributed by atoms with E-state index in [9.17, 15) is 4.79 Å². The molecule has 1 aromatic heterocycles. The van der Waals surface area contributed by atoms with Gasteiger partial charge in [-0.3, -0.25) is 0 Å². The Balaban J connectivity index is 1.58. The summed E-state index contributed by atoms with van der Waals surface area (Å²) in [6, 6.07) is 17.2. The minimum Gasteiger partial charge on any atom is -0.421 e. The Bertz CT molecular complexity index is 939. The van der Waals surface area contributed by atoms with E-state index < -0.39 is 5.97 Å². The van der Waals surface area contributed by atoms with Gasteiger partial charge < -0.3 is 14.4 Å². The number of halogens is 1. The summed E-state index contributed by atoms with van der Waals surface area (Å²) in [4.78, 5) is 14.8. The highest BCUT2D eigenvalue weighted by Crippen LogP contribution is 2.36. The Morgan fingerprint density at radius 1 is 1.07 bits per heavy atom. The first-order chi connectivity index (χ1) is 13.2. The molecule has 3 aromatic rings. The van der Waals surface area contributed by atoms with Crippen LogP contribution in [-0.2, 0) is 4.74 Å². The molecular formula is C20H17ClN2O3S. The van der Waals surface area contributed by atoms with Gasteiger partial charge in [0.2, 0.25) is 0 Å². The molecule has 7 heteroatoms. The van der Waals surface area contributed by atoms with Crippen molar-refractivity contribution in [3.63, 3.8) is 0 Å². The predicted molar refractivity (Wildman–Crippen MR) is 107 cm³/mol. The standard InChI is InChI=1S/C20H17ClN2O3S/c21-17-18(22-27-19(17)23-10-12-25-13-11-23)20(24)26-16-9-5-4-8-15(16)14-6-2-1-3-7-14/h1-9H,10-13H2. The Morgan fingerprint density at radius 3 is 2.56 bits per heavy atom. The summed E-state index contributed by atoms with van der Waals surface area (Å²) in [7, 11) is 0. The Morgan fingerprint density at radius 2 is 1.78 bits per heavy atom. The maximum atomic E-state index is 12.7. The number of carbonyl (C=O) groups is 1. The van der Waals surface area contributed by atoms with Crippen molar-refractivity contribution in [1.29, 1.82) is 0 Å². The van der Waals surface area contributed by atoms with Crippen molar-refractivity contribution in [2.45, 2.75) is 0 Å². The van der Waals surface area contributed by atoms with E-state index in [0.717, 1.165) is 29.2 Å². The summed E-state index contributed by atoms with van der Waals surface area (Å²) in [5.74, 6) is -0.0789. The summed E-state index contributed by atoms with van der Waals surface area (Å²) in [6.07, 6.45) is 0. The van der Waals surface area contributed by atoms with Gasteiger partial charge in [0, 0.05) is 18.7 Å². The van der Waals surface area contributed by atoms with Crippen molar-refractivity contribution < 1.29 is 14.3 Å². The van der Waals surface area contributed by atoms with Crippen LogP contribution in [0.25, 0.3) is 11.1 Å². The van der Waals surface area contributed by atoms with Gasteiger partial charge >= 0.3 is 5.97 Å². The third-order valence-electron chi connectivity index (χ3n) is 4.29. The zero-order valence-electron chi connectivity index (χ0n) is 14.4. The number of benzene rings is 2. The van der Waals surface area contributed by atoms with Crippen LogP contribution in [0.1, 0.15) is 10.5 Å². The fourth-order valence-electron chi connectivity index (χ4n) is 2.92. The van der Waals surface area contributed by atoms with Gasteiger partial charge in [-0.2, -0.15) is 4.37 Å². The van der Waals surface area contributed by atoms with Crippen LogP contribution in [0.2, 0.25) is 5.02 Å². The van der Waals surface area contributed by atoms with Crippen molar-refractivity contribution in [1.82, 2.24) is 4.37 Å². The smallest absolute Gasteiger partial charge is 0.365 e. The van der Waals surface area contributed by atoms with Crippen LogP contribution in [0.3, 0.4) is 0 Å². The molecule has 0 spiro atoms. The Labute approximate surface area is 166 Å². The number of morpholine rings is 1. The van der Waals surface area contributed by atoms with Crippen LogP contribution >= 0.6 is 23.1 Å². The summed E-state index contributed by atoms with van der Waals surface area (Å²) >= 11 is 7.65. The van der Waals surface area contributed by atoms with Crippen molar-refractivity contribution in [2.75, 3.05) is 31.2 Å². The predicted octanol–water partition coefficient (Wildman–Crippen LogP) is 4.52. The van der Waals surface area contributed by atoms with Crippen molar-refractivity contribution >= 4 is 34.1 Å². The molecule has 2 aromatic carbocycles. The lowest BCUT2D eigenvalue weighted by Crippen LogP contribution is -2.35. The lowest BCUT2D eigenvalue weighted by molar-refractivity contribution is 0.0731. The lowest BCUT2D eigenvalue weighted by Gasteiger charge is -2.27. The first kappa shape index (κ1) is 18.0. The number of hydrogen-bond acceptors (Lipinski definition) is 6. The van der Waals surface area contributed by atoms with Crippen molar-refractivity contribution in [2.24, 2.45) is 0 Å². The molecule has 1 aliphatic heterocycles. The molecule has 0 saturated carbocycles. The van der Waals surface area contributed by atoms with Crippen LogP contribution < -0.4 is 9.64 Å². The van der Waals surface area contributed by atoms with E-state index in [1.807, 2.05) is 48.5 Å². The highest BCUT2D eigenvalue weighted by atomic mass is 35.5. The number of hydrogen-bond donors (Lipinski definition) is 0. The zero-order valence-corrected chi connectivity index (χ0v) is 16.0. The molecule has 27 heavy (non-hydrogen) atoms. The van der Waals surface area contributed by atoms with Gasteiger partial charge in [-0.1, -0.05) is 60.1 Å². The van der Waals surface area contributed by atoms with Gasteiger partial charge in [0.15, 0.2) is 5.69 Å². The summed E-state index contributed by atoms with van der Waals surface area (Å²) in [5, 5.41) is 1.12. The Kier molecular flexibility index (Phi) is 5.38. The first-order valence-electron chi connectivity index (χ1n) is 8.58. The van der Waals surface area contributed by atoms with Gasteiger partial charge in [-0.05, 0) is 23.2 Å². The van der Waals surface area contributed by atoms with E-state index in [4.69, 9.17) is 21.1 Å². The van der Waals surface area contributed by atoms with Gasteiger partial charge in [-0.25, -0.2) is 4.79 Å². The molecule has 0 aliphatic carbocycles. The second-order valence-electron chi connectivity index (χ2n) is 6.00. The van der Waals surface area contributed by atoms with Gasteiger partial charge in [0.25, 0.3) is 0 Å². The SMILES string of the molecule is O=C(Oc1ccccc1-c1ccccc1)c1nsc(N2CCOCC2)c1Cl. The third-order valence-corrected chi connectivity index (χ3v) is 5.66. The molecule has 5 nitrogen and oxygen atoms in total. The molecule has 0 amide bonds. The Hall–Kier alpha value is -2.41. The number of rotatable bonds is 4. The fraction of sp³-hybridized carbons (Fsp3) is 0.200. The van der Waals surface area contributed by atoms with Crippen molar-refractivity contribution in [3.05, 3.63) is 65.3 Å². The minimum absolute atomic E-state index is 0.144. The summed E-state index contributed by atoms with van der Waals surface area (Å²) in [5.41, 5.74) is 1.96. The second-order valence-corrected chi connectivity index (χ2v) is 7.13. The highest BCUT2D eigenvalue weighted by molar-refractivity contribution is 7.11. The molecule has 2 heterocycles. The molecule has 1 aliphatic rings. The number of nitrogens with zero attached hydrogens (tertiary/aromatic N) is 2. The number of ether oxygens (including phenoxy) is 2. The fourth-order valence-corrected chi connectivity index (χ4v) is 4.13. The maximum Gasteiger partial charge on any atom is 0.365 e. The lowest BCUT2D eigenvalue weighted by atomic mass is 10.1. The van der Waals surface area contributed by atoms with E-state index in [2.05, 4.69) is 9.27 Å². The molecule has 0 atom stereocenters. The van der Waals surface area contributed by atoms with Gasteiger partial charge in [-0.15, -0.1) is 0 Å². The molecule has 138 valence electrons. The van der Waals surface area contributed by atoms with Crippen LogP contribution in [-0.4, -0.2) is 36.6 Å². The largest absolute Gasteiger partial charge is 0.421 e. The molecule has 4 rings (SSSR count). The maximum absolute atomic E-state index is 12.7. The molecule has 0 unspecified atom stereocenters. The number of para-hydroxylation sites is 1. The number of aromatic nitrogens is 1. The number of esters is 1. The van der Waals surface area contributed by atoms with E-state index in [1.165, 1.54) is 11.5 Å². The second kappa shape index (κ2) is 8.08. The van der Waals surface area contributed by atoms with Crippen molar-refractivity contribution in [3.8, 4) is 16.9 Å². The average Bonchev–Trinajstić information content (AvgIpc) is 3.11. The minimum atomic E-state index is -0.556. The first-order valence-corrected chi connectivity index (χ1v) is 9.73. The van der Waals surface area contributed by atoms with Crippen LogP contribution in [0, 0.1) is 0 Å². The number of anilines is 1. The van der Waals surface area contributed by atoms with E-state index in [1.54, 1.807) is 6.07 Å². The summed E-state index contributed by atoms with van der Waals surface area (Å²) in [6.45, 7) is 2.73. The quantitative estimate of drug-likeness (QED) is 0.476. The molecule has 0 radical (unpaired) electrons. The van der Waals surface area contributed by atoms with Crippen LogP contribution in [0.4, 0.5) is 5.00 Å². The van der Waals surface area contributed by atoms with E-state index >= 15 is 0 Å². The molecule has 0 bridgehead atoms. The normalized spacial score (nSPS) is 14.2. The van der Waals surface area contributed by atoms with E-state index in [-0.39, 0.29) is 5.69 Å². The average molecular weight is 401 g/mol. The molecule has 1 fully saturated rings. The molecule has 0 N–H and O–H groups in total. The summed E-state index contributed by atoms with van der Waals surface area (Å²) < 4.78 is 15.2. The van der Waals surface area contributed by atoms with Gasteiger partial charge in [0.1, 0.15) is 15.8 Å². The monoisotopic (exact) mass is 400 g/mol. The molecule has 1 saturated heterocycles. The van der Waals surface area contributed by atoms with Gasteiger partial charge in [0.05, 0.1) is 13.2 Å². The van der Waals surface area contributed by atoms with Crippen LogP contribution in [0.15, 0.2) is 54.6 Å². The molecular weight excluding hydrogens is 384 g/mol. The topological polar surface area (TPSA) is 51.7 Å². The van der Waals surface area contributed by atoms with E-state index in [0.29, 0.717) is 24.0 Å². The third kappa shape index (κ3) is 3.83. The highest BCUT2D eigenvalue weighted by Gasteiger charge is 2.25. The van der Waals surface area contributed by atoms with Crippen LogP contribution in [0.5, 0.6) is 5.75 Å².